The predicted octanol–water partition coefficient (Wildman–Crippen LogP) is 2.20. The molecule has 3 rings (SSSR count). The number of alkyl carbamates (subject to hydrolysis) is 1. The number of hydrogen-bond donors (Lipinski definition) is 2. The Balaban J connectivity index is 1.74. The summed E-state index contributed by atoms with van der Waals surface area (Å²) in [4.78, 5) is 50.5. The van der Waals surface area contributed by atoms with Gasteiger partial charge in [0.2, 0.25) is 5.82 Å². The lowest BCUT2D eigenvalue weighted by Gasteiger charge is -2.24. The molecular weight excluding hydrogens is 548 g/mol. The number of ether oxygens (including phenoxy) is 4. The highest BCUT2D eigenvalue weighted by Gasteiger charge is 2.38. The van der Waals surface area contributed by atoms with Crippen molar-refractivity contribution >= 4 is 12.1 Å². The molecule has 1 aromatic carbocycles. The fraction of sp³-hybridized carbons (Fsp3) is 0.556. The summed E-state index contributed by atoms with van der Waals surface area (Å²) in [6.07, 6.45) is -2.89. The van der Waals surface area contributed by atoms with E-state index in [9.17, 15) is 33.1 Å². The fourth-order valence-corrected chi connectivity index (χ4v) is 4.05. The van der Waals surface area contributed by atoms with Crippen molar-refractivity contribution in [3.63, 3.8) is 0 Å². The number of aliphatic hydroxyl groups excluding tert-OH is 1. The Kier molecular flexibility index (Phi) is 10.4. The van der Waals surface area contributed by atoms with E-state index in [1.165, 1.54) is 24.3 Å². The monoisotopic (exact) mass is 583 g/mol. The zero-order valence-electron chi connectivity index (χ0n) is 23.5. The normalized spacial score (nSPS) is 19.7. The Morgan fingerprint density at radius 3 is 2.41 bits per heavy atom. The molecule has 1 fully saturated rings. The zero-order chi connectivity index (χ0) is 30.5. The van der Waals surface area contributed by atoms with Crippen molar-refractivity contribution in [2.45, 2.75) is 84.5 Å². The van der Waals surface area contributed by atoms with Gasteiger partial charge in [-0.05, 0) is 44.4 Å². The summed E-state index contributed by atoms with van der Waals surface area (Å²) in [6.45, 7) is 6.86. The van der Waals surface area contributed by atoms with Crippen LogP contribution in [0.4, 0.5) is 13.6 Å². The van der Waals surface area contributed by atoms with Crippen LogP contribution in [0.15, 0.2) is 40.1 Å². The first-order valence-corrected chi connectivity index (χ1v) is 13.0. The second-order valence-electron chi connectivity index (χ2n) is 10.9. The Labute approximate surface area is 234 Å². The molecule has 0 aliphatic carbocycles. The summed E-state index contributed by atoms with van der Waals surface area (Å²) in [5, 5.41) is 12.1. The van der Waals surface area contributed by atoms with Crippen LogP contribution in [0.3, 0.4) is 0 Å². The van der Waals surface area contributed by atoms with E-state index in [2.05, 4.69) is 5.32 Å². The second kappa shape index (κ2) is 13.4. The Bertz CT molecular complexity index is 1340. The lowest BCUT2D eigenvalue weighted by molar-refractivity contribution is -0.151. The summed E-state index contributed by atoms with van der Waals surface area (Å²) in [6, 6.07) is 4.41. The van der Waals surface area contributed by atoms with Gasteiger partial charge in [-0.25, -0.2) is 23.3 Å². The minimum Gasteiger partial charge on any atom is -0.444 e. The SMILES string of the molecule is CC(C)[C@H](NC(=O)OC(C)(C)C)C(=O)OCn1c(=O)c(F)cn([C@H]2C[C@H](OCc3ccc(F)cc3)[C@@H](CO)O2)c1=O. The van der Waals surface area contributed by atoms with E-state index in [1.807, 2.05) is 0 Å². The van der Waals surface area contributed by atoms with Crippen molar-refractivity contribution in [2.75, 3.05) is 6.61 Å². The third kappa shape index (κ3) is 8.44. The molecule has 1 saturated heterocycles. The minimum atomic E-state index is -1.33. The van der Waals surface area contributed by atoms with Gasteiger partial charge in [-0.1, -0.05) is 26.0 Å². The van der Waals surface area contributed by atoms with Gasteiger partial charge in [-0.3, -0.25) is 9.36 Å². The standard InChI is InChI=1S/C27H35F2N3O9/c1-15(2)22(30-25(36)41-27(3,4)5)24(35)39-14-32-23(34)18(29)11-31(26(32)37)21-10-19(20(12-33)40-21)38-13-16-6-8-17(28)9-7-16/h6-9,11,15,19-22,33H,10,12-14H2,1-5H3,(H,30,36)/t19-,20+,21+,22-/m0/s1. The average molecular weight is 584 g/mol. The molecular formula is C27H35F2N3O9. The third-order valence-electron chi connectivity index (χ3n) is 6.13. The molecule has 12 nitrogen and oxygen atoms in total. The van der Waals surface area contributed by atoms with Crippen molar-refractivity contribution in [1.29, 1.82) is 0 Å². The zero-order valence-corrected chi connectivity index (χ0v) is 23.5. The van der Waals surface area contributed by atoms with Gasteiger partial charge in [0.05, 0.1) is 25.5 Å². The van der Waals surface area contributed by atoms with Crippen LogP contribution in [0.5, 0.6) is 0 Å². The number of rotatable bonds is 10. The van der Waals surface area contributed by atoms with E-state index in [1.54, 1.807) is 34.6 Å². The molecule has 0 radical (unpaired) electrons. The number of hydrogen-bond acceptors (Lipinski definition) is 9. The minimum absolute atomic E-state index is 0.0129. The summed E-state index contributed by atoms with van der Waals surface area (Å²) in [7, 11) is 0. The molecule has 1 amide bonds. The molecule has 0 bridgehead atoms. The van der Waals surface area contributed by atoms with Crippen molar-refractivity contribution in [1.82, 2.24) is 14.5 Å². The smallest absolute Gasteiger partial charge is 0.408 e. The van der Waals surface area contributed by atoms with Gasteiger partial charge in [0.25, 0.3) is 5.56 Å². The maximum Gasteiger partial charge on any atom is 0.408 e. The first kappa shape index (κ1) is 31.9. The van der Waals surface area contributed by atoms with Gasteiger partial charge in [-0.15, -0.1) is 0 Å². The van der Waals surface area contributed by atoms with Crippen LogP contribution in [0, 0.1) is 17.6 Å². The van der Waals surface area contributed by atoms with Crippen LogP contribution in [0.1, 0.15) is 52.8 Å². The maximum atomic E-state index is 14.6. The Hall–Kier alpha value is -3.62. The highest BCUT2D eigenvalue weighted by Crippen LogP contribution is 2.30. The number of carbonyl (C=O) groups excluding carboxylic acids is 2. The topological polar surface area (TPSA) is 147 Å². The molecule has 4 atom stereocenters. The van der Waals surface area contributed by atoms with E-state index >= 15 is 0 Å². The van der Waals surface area contributed by atoms with Gasteiger partial charge >= 0.3 is 17.8 Å². The molecule has 1 aromatic heterocycles. The molecule has 2 heterocycles. The van der Waals surface area contributed by atoms with Gasteiger partial charge in [0, 0.05) is 6.42 Å². The summed E-state index contributed by atoms with van der Waals surface area (Å²) in [5.74, 6) is -3.15. The number of halogens is 2. The number of nitrogens with one attached hydrogen (secondary N) is 1. The number of amides is 1. The highest BCUT2D eigenvalue weighted by molar-refractivity contribution is 5.81. The first-order valence-electron chi connectivity index (χ1n) is 13.0. The lowest BCUT2D eigenvalue weighted by Crippen LogP contribution is -2.48. The summed E-state index contributed by atoms with van der Waals surface area (Å²) in [5.41, 5.74) is -2.53. The predicted molar refractivity (Wildman–Crippen MR) is 140 cm³/mol. The molecule has 41 heavy (non-hydrogen) atoms. The van der Waals surface area contributed by atoms with E-state index < -0.39 is 84.3 Å². The maximum absolute atomic E-state index is 14.6. The molecule has 0 unspecified atom stereocenters. The van der Waals surface area contributed by atoms with Crippen LogP contribution in [-0.2, 0) is 37.1 Å². The van der Waals surface area contributed by atoms with Crippen molar-refractivity contribution in [3.8, 4) is 0 Å². The molecule has 1 aliphatic heterocycles. The van der Waals surface area contributed by atoms with Crippen molar-refractivity contribution in [2.24, 2.45) is 5.92 Å². The first-order chi connectivity index (χ1) is 19.2. The number of carbonyl (C=O) groups is 2. The summed E-state index contributed by atoms with van der Waals surface area (Å²) < 4.78 is 50.7. The van der Waals surface area contributed by atoms with Gasteiger partial charge in [0.1, 0.15) is 29.8 Å². The average Bonchev–Trinajstić information content (AvgIpc) is 3.30. The number of benzene rings is 1. The van der Waals surface area contributed by atoms with Crippen molar-refractivity contribution in [3.05, 3.63) is 68.5 Å². The molecule has 0 spiro atoms. The van der Waals surface area contributed by atoms with E-state index in [-0.39, 0.29) is 13.0 Å². The quantitative estimate of drug-likeness (QED) is 0.402. The molecule has 2 aromatic rings. The van der Waals surface area contributed by atoms with E-state index in [4.69, 9.17) is 18.9 Å². The number of nitrogens with zero attached hydrogens (tertiary/aromatic N) is 2. The second-order valence-corrected chi connectivity index (χ2v) is 10.9. The van der Waals surface area contributed by atoms with Crippen LogP contribution >= 0.6 is 0 Å². The van der Waals surface area contributed by atoms with E-state index in [0.717, 1.165) is 4.57 Å². The van der Waals surface area contributed by atoms with Crippen LogP contribution in [0.2, 0.25) is 0 Å². The number of aliphatic hydroxyl groups is 1. The molecule has 0 saturated carbocycles. The largest absolute Gasteiger partial charge is 0.444 e. The molecule has 2 N–H and O–H groups in total. The number of esters is 1. The highest BCUT2D eigenvalue weighted by atomic mass is 19.1. The van der Waals surface area contributed by atoms with Crippen LogP contribution < -0.4 is 16.6 Å². The Morgan fingerprint density at radius 1 is 1.17 bits per heavy atom. The van der Waals surface area contributed by atoms with Crippen LogP contribution in [0.25, 0.3) is 0 Å². The van der Waals surface area contributed by atoms with Crippen LogP contribution in [-0.4, -0.2) is 56.8 Å². The van der Waals surface area contributed by atoms with Gasteiger partial charge in [0.15, 0.2) is 6.73 Å². The summed E-state index contributed by atoms with van der Waals surface area (Å²) >= 11 is 0. The molecule has 1 aliphatic rings. The third-order valence-corrected chi connectivity index (χ3v) is 6.13. The van der Waals surface area contributed by atoms with Crippen molar-refractivity contribution < 1.29 is 42.4 Å². The Morgan fingerprint density at radius 2 is 1.83 bits per heavy atom. The molecule has 14 heteroatoms. The van der Waals surface area contributed by atoms with Gasteiger partial charge < -0.3 is 29.4 Å². The number of aromatic nitrogens is 2. The lowest BCUT2D eigenvalue weighted by atomic mass is 10.1. The molecule has 226 valence electrons. The van der Waals surface area contributed by atoms with Gasteiger partial charge in [-0.2, -0.15) is 4.39 Å². The fourth-order valence-electron chi connectivity index (χ4n) is 4.05. The van der Waals surface area contributed by atoms with E-state index in [0.29, 0.717) is 16.3 Å².